The molecule has 1 atom stereocenters. The Morgan fingerprint density at radius 3 is 2.55 bits per heavy atom. The van der Waals surface area contributed by atoms with Crippen molar-refractivity contribution in [2.24, 2.45) is 4.99 Å². The van der Waals surface area contributed by atoms with Gasteiger partial charge in [-0.1, -0.05) is 12.1 Å². The normalized spacial score (nSPS) is 16.1. The first-order valence-corrected chi connectivity index (χ1v) is 10.5. The molecule has 1 saturated heterocycles. The number of nitrogens with one attached hydrogen (secondary N) is 2. The van der Waals surface area contributed by atoms with E-state index in [2.05, 4.69) is 15.6 Å². The van der Waals surface area contributed by atoms with Crippen LogP contribution >= 0.6 is 24.0 Å². The zero-order valence-electron chi connectivity index (χ0n) is 19.0. The van der Waals surface area contributed by atoms with Crippen molar-refractivity contribution in [3.05, 3.63) is 35.4 Å². The Labute approximate surface area is 202 Å². The van der Waals surface area contributed by atoms with E-state index >= 15 is 0 Å². The van der Waals surface area contributed by atoms with Crippen LogP contribution in [0.5, 0.6) is 0 Å². The van der Waals surface area contributed by atoms with Gasteiger partial charge in [-0.2, -0.15) is 0 Å². The first-order chi connectivity index (χ1) is 14.4. The second-order valence-electron chi connectivity index (χ2n) is 7.90. The highest BCUT2D eigenvalue weighted by molar-refractivity contribution is 14.0. The maximum atomic E-state index is 12.2. The Balaban J connectivity index is 0.00000480. The molecular weight excluding hydrogens is 509 g/mol. The number of guanidine groups is 1. The minimum atomic E-state index is -0.0556. The van der Waals surface area contributed by atoms with E-state index in [0.29, 0.717) is 24.6 Å². The van der Waals surface area contributed by atoms with Crippen LogP contribution in [0, 0.1) is 0 Å². The number of benzene rings is 1. The van der Waals surface area contributed by atoms with Crippen molar-refractivity contribution in [3.63, 3.8) is 0 Å². The molecule has 1 aliphatic rings. The van der Waals surface area contributed by atoms with E-state index in [1.807, 2.05) is 24.3 Å². The minimum absolute atomic E-state index is 0. The fraction of sp³-hybridized carbons (Fsp3) is 0.591. The predicted octanol–water partition coefficient (Wildman–Crippen LogP) is 1.74. The third kappa shape index (κ3) is 9.86. The summed E-state index contributed by atoms with van der Waals surface area (Å²) in [6.07, 6.45) is 4.22. The number of halogens is 1. The third-order valence-corrected chi connectivity index (χ3v) is 4.93. The van der Waals surface area contributed by atoms with Gasteiger partial charge in [0.2, 0.25) is 5.91 Å². The Hall–Kier alpha value is -1.88. The summed E-state index contributed by atoms with van der Waals surface area (Å²) in [5.74, 6) is 0.531. The molecule has 8 nitrogen and oxygen atoms in total. The highest BCUT2D eigenvalue weighted by atomic mass is 127. The lowest BCUT2D eigenvalue weighted by Crippen LogP contribution is -2.43. The molecule has 9 heteroatoms. The zero-order chi connectivity index (χ0) is 21.9. The van der Waals surface area contributed by atoms with Crippen molar-refractivity contribution < 1.29 is 14.3 Å². The molecule has 0 saturated carbocycles. The Bertz CT molecular complexity index is 734. The van der Waals surface area contributed by atoms with E-state index in [-0.39, 0.29) is 48.4 Å². The molecule has 31 heavy (non-hydrogen) atoms. The molecule has 1 aliphatic heterocycles. The number of likely N-dealkylation sites (N-methyl/N-ethyl adjacent to an activating group) is 1. The highest BCUT2D eigenvalue weighted by Gasteiger charge is 2.14. The molecule has 2 rings (SSSR count). The number of hydrogen-bond donors (Lipinski definition) is 2. The van der Waals surface area contributed by atoms with Crippen LogP contribution in [0.25, 0.3) is 0 Å². The molecule has 1 aromatic rings. The summed E-state index contributed by atoms with van der Waals surface area (Å²) in [5.41, 5.74) is 1.74. The van der Waals surface area contributed by atoms with Gasteiger partial charge in [-0.05, 0) is 43.4 Å². The van der Waals surface area contributed by atoms with E-state index in [9.17, 15) is 9.59 Å². The summed E-state index contributed by atoms with van der Waals surface area (Å²) in [7, 11) is 6.93. The van der Waals surface area contributed by atoms with E-state index in [4.69, 9.17) is 4.74 Å². The minimum Gasteiger partial charge on any atom is -0.376 e. The molecule has 2 N–H and O–H groups in total. The van der Waals surface area contributed by atoms with E-state index in [0.717, 1.165) is 31.4 Å². The Kier molecular flexibility index (Phi) is 12.5. The quantitative estimate of drug-likeness (QED) is 0.296. The lowest BCUT2D eigenvalue weighted by atomic mass is 10.1. The second kappa shape index (κ2) is 14.2. The van der Waals surface area contributed by atoms with Crippen LogP contribution in [0.4, 0.5) is 0 Å². The molecule has 174 valence electrons. The van der Waals surface area contributed by atoms with Gasteiger partial charge in [-0.15, -0.1) is 24.0 Å². The number of aliphatic imine (C=N–C) groups is 1. The number of rotatable bonds is 8. The molecule has 0 aromatic heterocycles. The number of carbonyl (C=O) groups is 2. The molecule has 1 unspecified atom stereocenters. The number of nitrogens with zero attached hydrogens (tertiary/aromatic N) is 3. The summed E-state index contributed by atoms with van der Waals surface area (Å²) in [6.45, 7) is 2.18. The van der Waals surface area contributed by atoms with Crippen LogP contribution in [0.15, 0.2) is 29.3 Å². The lowest BCUT2D eigenvalue weighted by molar-refractivity contribution is -0.127. The Morgan fingerprint density at radius 1 is 1.13 bits per heavy atom. The van der Waals surface area contributed by atoms with Gasteiger partial charge in [0, 0.05) is 53.5 Å². The molecule has 0 radical (unpaired) electrons. The number of ether oxygens (including phenoxy) is 1. The molecule has 1 fully saturated rings. The Morgan fingerprint density at radius 2 is 1.90 bits per heavy atom. The standard InChI is InChI=1S/C22H35N5O3.HI/c1-26(2)20(28)16-25-22(24-15-19-10-5-6-13-30-19)23-12-11-17-8-7-9-18(14-17)21(29)27(3)4;/h7-9,14,19H,5-6,10-13,15-16H2,1-4H3,(H2,23,24,25);1H. The fourth-order valence-electron chi connectivity index (χ4n) is 3.08. The van der Waals surface area contributed by atoms with Gasteiger partial charge < -0.3 is 25.2 Å². The van der Waals surface area contributed by atoms with Crippen molar-refractivity contribution in [2.75, 3.05) is 54.4 Å². The SMILES string of the molecule is CN(C)C(=O)CN=C(NCCc1cccc(C(=O)N(C)C)c1)NCC1CCCCO1.I. The van der Waals surface area contributed by atoms with Gasteiger partial charge in [0.1, 0.15) is 6.54 Å². The second-order valence-corrected chi connectivity index (χ2v) is 7.90. The number of carbonyl (C=O) groups excluding carboxylic acids is 2. The number of hydrogen-bond acceptors (Lipinski definition) is 4. The average molecular weight is 545 g/mol. The van der Waals surface area contributed by atoms with Gasteiger partial charge in [-0.25, -0.2) is 4.99 Å². The van der Waals surface area contributed by atoms with Crippen molar-refractivity contribution >= 4 is 41.8 Å². The van der Waals surface area contributed by atoms with Gasteiger partial charge in [0.05, 0.1) is 6.10 Å². The molecule has 1 heterocycles. The summed E-state index contributed by atoms with van der Waals surface area (Å²) in [6, 6.07) is 7.64. The van der Waals surface area contributed by atoms with Crippen molar-refractivity contribution in [1.82, 2.24) is 20.4 Å². The molecule has 1 aromatic carbocycles. The van der Waals surface area contributed by atoms with E-state index < -0.39 is 0 Å². The van der Waals surface area contributed by atoms with Crippen LogP contribution in [-0.4, -0.2) is 88.1 Å². The summed E-state index contributed by atoms with van der Waals surface area (Å²) < 4.78 is 5.76. The summed E-state index contributed by atoms with van der Waals surface area (Å²) >= 11 is 0. The number of amides is 2. The smallest absolute Gasteiger partial charge is 0.253 e. The molecule has 0 bridgehead atoms. The maximum absolute atomic E-state index is 12.2. The van der Waals surface area contributed by atoms with Gasteiger partial charge in [0.15, 0.2) is 5.96 Å². The van der Waals surface area contributed by atoms with Crippen molar-refractivity contribution in [1.29, 1.82) is 0 Å². The fourth-order valence-corrected chi connectivity index (χ4v) is 3.08. The van der Waals surface area contributed by atoms with Gasteiger partial charge in [-0.3, -0.25) is 9.59 Å². The highest BCUT2D eigenvalue weighted by Crippen LogP contribution is 2.11. The molecule has 0 spiro atoms. The topological polar surface area (TPSA) is 86.3 Å². The van der Waals surface area contributed by atoms with Crippen molar-refractivity contribution in [3.8, 4) is 0 Å². The van der Waals surface area contributed by atoms with Crippen LogP contribution in [0.3, 0.4) is 0 Å². The first-order valence-electron chi connectivity index (χ1n) is 10.5. The monoisotopic (exact) mass is 545 g/mol. The summed E-state index contributed by atoms with van der Waals surface area (Å²) in [4.78, 5) is 31.6. The predicted molar refractivity (Wildman–Crippen MR) is 134 cm³/mol. The average Bonchev–Trinajstić information content (AvgIpc) is 2.75. The maximum Gasteiger partial charge on any atom is 0.253 e. The molecule has 2 amide bonds. The molecular formula is C22H36IN5O3. The van der Waals surface area contributed by atoms with Gasteiger partial charge in [0.25, 0.3) is 5.91 Å². The third-order valence-electron chi connectivity index (χ3n) is 4.93. The van der Waals surface area contributed by atoms with Crippen LogP contribution in [0.2, 0.25) is 0 Å². The molecule has 0 aliphatic carbocycles. The zero-order valence-corrected chi connectivity index (χ0v) is 21.3. The summed E-state index contributed by atoms with van der Waals surface area (Å²) in [5, 5.41) is 6.59. The first kappa shape index (κ1) is 27.2. The van der Waals surface area contributed by atoms with Crippen molar-refractivity contribution in [2.45, 2.75) is 31.8 Å². The van der Waals surface area contributed by atoms with E-state index in [1.54, 1.807) is 33.1 Å². The van der Waals surface area contributed by atoms with Gasteiger partial charge >= 0.3 is 0 Å². The van der Waals surface area contributed by atoms with Crippen LogP contribution in [-0.2, 0) is 16.0 Å². The largest absolute Gasteiger partial charge is 0.376 e. The lowest BCUT2D eigenvalue weighted by Gasteiger charge is -2.24. The van der Waals surface area contributed by atoms with E-state index in [1.165, 1.54) is 11.3 Å². The van der Waals surface area contributed by atoms with Crippen LogP contribution in [0.1, 0.15) is 35.2 Å². The van der Waals surface area contributed by atoms with Crippen LogP contribution < -0.4 is 10.6 Å².